The highest BCUT2D eigenvalue weighted by atomic mass is 16.3. The molecule has 0 unspecified atom stereocenters. The van der Waals surface area contributed by atoms with Gasteiger partial charge >= 0.3 is 0 Å². The van der Waals surface area contributed by atoms with E-state index in [-0.39, 0.29) is 17.2 Å². The zero-order valence-electron chi connectivity index (χ0n) is 10.5. The molecule has 0 aliphatic carbocycles. The van der Waals surface area contributed by atoms with Gasteiger partial charge < -0.3 is 20.1 Å². The summed E-state index contributed by atoms with van der Waals surface area (Å²) >= 11 is 0. The molecule has 3 N–H and O–H groups in total. The summed E-state index contributed by atoms with van der Waals surface area (Å²) in [4.78, 5) is 9.71. The van der Waals surface area contributed by atoms with E-state index in [1.807, 2.05) is 0 Å². The Morgan fingerprint density at radius 1 is 1.18 bits per heavy atom. The normalized spacial score (nSPS) is 9.65. The SMILES string of the molecule is CC(C)CCC=O.Cc1c(O)cc(O)cc1O. The first-order valence-electron chi connectivity index (χ1n) is 5.53. The Morgan fingerprint density at radius 3 is 1.94 bits per heavy atom. The summed E-state index contributed by atoms with van der Waals surface area (Å²) < 4.78 is 0. The van der Waals surface area contributed by atoms with Crippen LogP contribution in [0.15, 0.2) is 12.1 Å². The number of carbonyl (C=O) groups is 1. The third-order valence-electron chi connectivity index (χ3n) is 2.20. The summed E-state index contributed by atoms with van der Waals surface area (Å²) in [5, 5.41) is 26.7. The van der Waals surface area contributed by atoms with Crippen molar-refractivity contribution < 1.29 is 20.1 Å². The molecule has 0 atom stereocenters. The maximum atomic E-state index is 9.71. The maximum Gasteiger partial charge on any atom is 0.125 e. The molecule has 17 heavy (non-hydrogen) atoms. The van der Waals surface area contributed by atoms with Crippen LogP contribution in [0.25, 0.3) is 0 Å². The molecular formula is C13H20O4. The van der Waals surface area contributed by atoms with Crippen LogP contribution in [0.5, 0.6) is 17.2 Å². The van der Waals surface area contributed by atoms with Gasteiger partial charge in [0.15, 0.2) is 0 Å². The minimum Gasteiger partial charge on any atom is -0.508 e. The lowest BCUT2D eigenvalue weighted by atomic mass is 10.1. The quantitative estimate of drug-likeness (QED) is 0.710. The summed E-state index contributed by atoms with van der Waals surface area (Å²) in [5.41, 5.74) is 0.373. The maximum absolute atomic E-state index is 9.71. The van der Waals surface area contributed by atoms with E-state index in [0.29, 0.717) is 11.5 Å². The molecule has 0 saturated carbocycles. The molecule has 96 valence electrons. The summed E-state index contributed by atoms with van der Waals surface area (Å²) in [7, 11) is 0. The molecule has 4 heteroatoms. The Hall–Kier alpha value is -1.71. The van der Waals surface area contributed by atoms with Crippen LogP contribution in [0.1, 0.15) is 32.3 Å². The number of benzene rings is 1. The highest BCUT2D eigenvalue weighted by Crippen LogP contribution is 2.30. The molecule has 0 fully saturated rings. The second-order valence-corrected chi connectivity index (χ2v) is 4.25. The van der Waals surface area contributed by atoms with Crippen LogP contribution in [0.4, 0.5) is 0 Å². The Balaban J connectivity index is 0.000000325. The lowest BCUT2D eigenvalue weighted by molar-refractivity contribution is -0.108. The van der Waals surface area contributed by atoms with Crippen molar-refractivity contribution in [1.29, 1.82) is 0 Å². The number of aromatic hydroxyl groups is 3. The molecule has 0 aliphatic heterocycles. The van der Waals surface area contributed by atoms with Crippen LogP contribution in [0, 0.1) is 12.8 Å². The molecule has 0 amide bonds. The minimum atomic E-state index is -0.138. The Labute approximate surface area is 102 Å². The predicted molar refractivity (Wildman–Crippen MR) is 66.3 cm³/mol. The van der Waals surface area contributed by atoms with Crippen LogP contribution in [-0.2, 0) is 4.79 Å². The molecule has 0 saturated heterocycles. The minimum absolute atomic E-state index is 0.0995. The number of phenols is 3. The van der Waals surface area contributed by atoms with Gasteiger partial charge in [0.25, 0.3) is 0 Å². The van der Waals surface area contributed by atoms with Crippen LogP contribution >= 0.6 is 0 Å². The first-order valence-corrected chi connectivity index (χ1v) is 5.53. The lowest BCUT2D eigenvalue weighted by Crippen LogP contribution is -1.85. The van der Waals surface area contributed by atoms with Crippen molar-refractivity contribution in [3.63, 3.8) is 0 Å². The molecule has 0 aliphatic rings. The van der Waals surface area contributed by atoms with Crippen molar-refractivity contribution in [2.45, 2.75) is 33.6 Å². The predicted octanol–water partition coefficient (Wildman–Crippen LogP) is 2.73. The van der Waals surface area contributed by atoms with Crippen molar-refractivity contribution in [3.05, 3.63) is 17.7 Å². The highest BCUT2D eigenvalue weighted by molar-refractivity contribution is 5.49. The fraction of sp³-hybridized carbons (Fsp3) is 0.462. The fourth-order valence-electron chi connectivity index (χ4n) is 1.07. The monoisotopic (exact) mass is 240 g/mol. The molecule has 1 rings (SSSR count). The largest absolute Gasteiger partial charge is 0.508 e. The summed E-state index contributed by atoms with van der Waals surface area (Å²) in [6.07, 6.45) is 2.72. The molecule has 0 spiro atoms. The van der Waals surface area contributed by atoms with Crippen molar-refractivity contribution in [2.24, 2.45) is 5.92 Å². The van der Waals surface area contributed by atoms with Crippen molar-refractivity contribution in [2.75, 3.05) is 0 Å². The Kier molecular flexibility index (Phi) is 6.79. The van der Waals surface area contributed by atoms with E-state index in [9.17, 15) is 4.79 Å². The average molecular weight is 240 g/mol. The number of hydrogen-bond acceptors (Lipinski definition) is 4. The standard InChI is InChI=1S/C7H8O3.C6H12O/c1-4-6(9)2-5(8)3-7(4)10;1-6(2)4-3-5-7/h2-3,8-10H,1H3;5-6H,3-4H2,1-2H3. The zero-order chi connectivity index (χ0) is 13.4. The Morgan fingerprint density at radius 2 is 1.65 bits per heavy atom. The molecule has 4 nitrogen and oxygen atoms in total. The number of carbonyl (C=O) groups excluding carboxylic acids is 1. The zero-order valence-corrected chi connectivity index (χ0v) is 10.5. The van der Waals surface area contributed by atoms with Gasteiger partial charge in [0.2, 0.25) is 0 Å². The number of phenolic OH excluding ortho intramolecular Hbond substituents is 3. The molecule has 0 aromatic heterocycles. The van der Waals surface area contributed by atoms with Gasteiger partial charge in [-0.15, -0.1) is 0 Å². The van der Waals surface area contributed by atoms with Crippen molar-refractivity contribution in [3.8, 4) is 17.2 Å². The van der Waals surface area contributed by atoms with Crippen LogP contribution in [0.2, 0.25) is 0 Å². The average Bonchev–Trinajstić information content (AvgIpc) is 2.23. The van der Waals surface area contributed by atoms with E-state index in [0.717, 1.165) is 19.1 Å². The van der Waals surface area contributed by atoms with Gasteiger partial charge in [-0.3, -0.25) is 0 Å². The van der Waals surface area contributed by atoms with Gasteiger partial charge in [0, 0.05) is 24.1 Å². The van der Waals surface area contributed by atoms with Gasteiger partial charge in [-0.25, -0.2) is 0 Å². The molecule has 0 bridgehead atoms. The van der Waals surface area contributed by atoms with Crippen LogP contribution in [0.3, 0.4) is 0 Å². The molecule has 0 radical (unpaired) electrons. The summed E-state index contributed by atoms with van der Waals surface area (Å²) in [6, 6.07) is 2.35. The summed E-state index contributed by atoms with van der Waals surface area (Å²) in [5.74, 6) is 0.334. The first kappa shape index (κ1) is 15.3. The van der Waals surface area contributed by atoms with Crippen molar-refractivity contribution in [1.82, 2.24) is 0 Å². The number of rotatable bonds is 3. The van der Waals surface area contributed by atoms with Gasteiger partial charge in [-0.2, -0.15) is 0 Å². The second-order valence-electron chi connectivity index (χ2n) is 4.25. The van der Waals surface area contributed by atoms with Crippen molar-refractivity contribution >= 4 is 6.29 Å². The van der Waals surface area contributed by atoms with E-state index in [2.05, 4.69) is 13.8 Å². The second kappa shape index (κ2) is 7.54. The molecule has 1 aromatic rings. The van der Waals surface area contributed by atoms with Crippen LogP contribution in [-0.4, -0.2) is 21.6 Å². The lowest BCUT2D eigenvalue weighted by Gasteiger charge is -2.01. The van der Waals surface area contributed by atoms with E-state index < -0.39 is 0 Å². The van der Waals surface area contributed by atoms with Gasteiger partial charge in [-0.05, 0) is 19.3 Å². The molecular weight excluding hydrogens is 220 g/mol. The third-order valence-corrected chi connectivity index (χ3v) is 2.20. The first-order chi connectivity index (χ1) is 7.88. The van der Waals surface area contributed by atoms with E-state index >= 15 is 0 Å². The topological polar surface area (TPSA) is 77.8 Å². The van der Waals surface area contributed by atoms with E-state index in [1.54, 1.807) is 6.92 Å². The smallest absolute Gasteiger partial charge is 0.125 e. The molecule has 1 aromatic carbocycles. The molecule has 0 heterocycles. The fourth-order valence-corrected chi connectivity index (χ4v) is 1.07. The van der Waals surface area contributed by atoms with Gasteiger partial charge in [0.1, 0.15) is 23.5 Å². The highest BCUT2D eigenvalue weighted by Gasteiger charge is 2.02. The number of aldehydes is 1. The van der Waals surface area contributed by atoms with Gasteiger partial charge in [0.05, 0.1) is 0 Å². The van der Waals surface area contributed by atoms with E-state index in [1.165, 1.54) is 12.1 Å². The van der Waals surface area contributed by atoms with E-state index in [4.69, 9.17) is 15.3 Å². The van der Waals surface area contributed by atoms with Gasteiger partial charge in [-0.1, -0.05) is 13.8 Å². The third kappa shape index (κ3) is 6.45. The Bertz CT molecular complexity index is 335. The summed E-state index contributed by atoms with van der Waals surface area (Å²) in [6.45, 7) is 5.79. The number of hydrogen-bond donors (Lipinski definition) is 3. The van der Waals surface area contributed by atoms with Crippen LogP contribution < -0.4 is 0 Å².